The van der Waals surface area contributed by atoms with Crippen LogP contribution in [0.25, 0.3) is 0 Å². The van der Waals surface area contributed by atoms with E-state index in [2.05, 4.69) is 11.3 Å². The van der Waals surface area contributed by atoms with E-state index in [4.69, 9.17) is 4.74 Å². The van der Waals surface area contributed by atoms with E-state index in [-0.39, 0.29) is 24.2 Å². The van der Waals surface area contributed by atoms with Gasteiger partial charge < -0.3 is 9.47 Å². The van der Waals surface area contributed by atoms with Crippen LogP contribution in [0.3, 0.4) is 0 Å². The van der Waals surface area contributed by atoms with Gasteiger partial charge in [-0.1, -0.05) is 44.7 Å². The number of allylic oxidation sites excluding steroid dienone is 1. The predicted octanol–water partition coefficient (Wildman–Crippen LogP) is 2.92. The van der Waals surface area contributed by atoms with E-state index in [0.29, 0.717) is 18.6 Å². The summed E-state index contributed by atoms with van der Waals surface area (Å²) in [4.78, 5) is 34.9. The molecule has 2 heterocycles. The second-order valence-corrected chi connectivity index (χ2v) is 7.26. The van der Waals surface area contributed by atoms with Gasteiger partial charge in [-0.3, -0.25) is 14.4 Å². The van der Waals surface area contributed by atoms with Crippen LogP contribution >= 0.6 is 0 Å². The molecule has 5 heteroatoms. The summed E-state index contributed by atoms with van der Waals surface area (Å²) in [6, 6.07) is 7.76. The second-order valence-electron chi connectivity index (χ2n) is 7.26. The molecule has 0 aliphatic carbocycles. The highest BCUT2D eigenvalue weighted by Crippen LogP contribution is 2.40. The van der Waals surface area contributed by atoms with Crippen LogP contribution in [0.15, 0.2) is 36.6 Å². The van der Waals surface area contributed by atoms with Crippen molar-refractivity contribution in [3.05, 3.63) is 47.7 Å². The lowest BCUT2D eigenvalue weighted by molar-refractivity contribution is -0.166. The van der Waals surface area contributed by atoms with Gasteiger partial charge in [0, 0.05) is 17.3 Å². The lowest BCUT2D eigenvalue weighted by atomic mass is 9.72. The van der Waals surface area contributed by atoms with E-state index in [1.54, 1.807) is 0 Å². The molecule has 0 bridgehead atoms. The third-order valence-corrected chi connectivity index (χ3v) is 4.96. The number of ether oxygens (including phenoxy) is 2. The maximum Gasteiger partial charge on any atom is 0.314 e. The summed E-state index contributed by atoms with van der Waals surface area (Å²) in [5, 5.41) is 0. The lowest BCUT2D eigenvalue weighted by Crippen LogP contribution is -2.37. The minimum Gasteiger partial charge on any atom is -0.432 e. The highest BCUT2D eigenvalue weighted by molar-refractivity contribution is 5.90. The Morgan fingerprint density at radius 1 is 0.750 bits per heavy atom. The predicted molar refractivity (Wildman–Crippen MR) is 85.9 cm³/mol. The average Bonchev–Trinajstić information content (AvgIpc) is 2.44. The number of rotatable bonds is 2. The van der Waals surface area contributed by atoms with Crippen molar-refractivity contribution >= 4 is 17.9 Å². The summed E-state index contributed by atoms with van der Waals surface area (Å²) < 4.78 is 9.66. The van der Waals surface area contributed by atoms with E-state index in [1.165, 1.54) is 0 Å². The zero-order valence-corrected chi connectivity index (χ0v) is 13.9. The fourth-order valence-electron chi connectivity index (χ4n) is 3.63. The third kappa shape index (κ3) is 2.98. The number of cyclic esters (lactones) is 3. The Kier molecular flexibility index (Phi) is 3.82. The minimum absolute atomic E-state index is 0.179. The number of hydrogen-bond acceptors (Lipinski definition) is 5. The van der Waals surface area contributed by atoms with E-state index in [1.807, 2.05) is 38.1 Å². The van der Waals surface area contributed by atoms with Crippen LogP contribution in [-0.4, -0.2) is 17.9 Å². The van der Waals surface area contributed by atoms with Crippen molar-refractivity contribution < 1.29 is 23.9 Å². The Balaban J connectivity index is 1.88. The zero-order valence-electron chi connectivity index (χ0n) is 13.9. The molecule has 2 aliphatic heterocycles. The van der Waals surface area contributed by atoms with Gasteiger partial charge in [-0.15, -0.1) is 0 Å². The van der Waals surface area contributed by atoms with Gasteiger partial charge in [0.05, 0.1) is 19.3 Å². The summed E-state index contributed by atoms with van der Waals surface area (Å²) in [7, 11) is 0. The van der Waals surface area contributed by atoms with Crippen molar-refractivity contribution in [3.63, 3.8) is 0 Å². The van der Waals surface area contributed by atoms with Crippen LogP contribution in [0.4, 0.5) is 0 Å². The Morgan fingerprint density at radius 3 is 1.54 bits per heavy atom. The van der Waals surface area contributed by atoms with Gasteiger partial charge in [0.2, 0.25) is 0 Å². The van der Waals surface area contributed by atoms with Gasteiger partial charge in [0.15, 0.2) is 0 Å². The largest absolute Gasteiger partial charge is 0.432 e. The van der Waals surface area contributed by atoms with Gasteiger partial charge in [-0.2, -0.15) is 0 Å². The lowest BCUT2D eigenvalue weighted by Gasteiger charge is -2.35. The second kappa shape index (κ2) is 5.58. The summed E-state index contributed by atoms with van der Waals surface area (Å²) in [6.45, 7) is 7.67. The van der Waals surface area contributed by atoms with Gasteiger partial charge in [-0.25, -0.2) is 0 Å². The van der Waals surface area contributed by atoms with Crippen molar-refractivity contribution in [2.45, 2.75) is 50.4 Å². The number of hydrogen-bond donors (Lipinski definition) is 0. The molecular weight excluding hydrogens is 308 g/mol. The Hall–Kier alpha value is -2.43. The van der Waals surface area contributed by atoms with E-state index in [9.17, 15) is 14.4 Å². The van der Waals surface area contributed by atoms with Crippen molar-refractivity contribution in [3.8, 4) is 0 Å². The molecule has 5 nitrogen and oxygen atoms in total. The van der Waals surface area contributed by atoms with Crippen LogP contribution in [0.5, 0.6) is 0 Å². The first-order valence-electron chi connectivity index (χ1n) is 7.93. The normalized spacial score (nSPS) is 26.8. The smallest absolute Gasteiger partial charge is 0.314 e. The van der Waals surface area contributed by atoms with Gasteiger partial charge >= 0.3 is 17.9 Å². The first kappa shape index (κ1) is 16.4. The average molecular weight is 328 g/mol. The number of carbonyl (C=O) groups excluding carboxylic acids is 3. The summed E-state index contributed by atoms with van der Waals surface area (Å²) >= 11 is 0. The van der Waals surface area contributed by atoms with E-state index in [0.717, 1.165) is 11.1 Å². The molecule has 1 atom stereocenters. The molecule has 2 aliphatic rings. The maximum absolute atomic E-state index is 11.7. The van der Waals surface area contributed by atoms with Crippen molar-refractivity contribution in [1.82, 2.24) is 0 Å². The van der Waals surface area contributed by atoms with Crippen LogP contribution in [0.1, 0.15) is 50.7 Å². The number of esters is 3. The van der Waals surface area contributed by atoms with E-state index >= 15 is 0 Å². The summed E-state index contributed by atoms with van der Waals surface area (Å²) in [5.74, 6) is -0.775. The summed E-state index contributed by atoms with van der Waals surface area (Å²) in [6.07, 6.45) is 1.24. The fraction of sp³-hybridized carbons (Fsp3) is 0.421. The van der Waals surface area contributed by atoms with Crippen LogP contribution in [-0.2, 0) is 34.7 Å². The van der Waals surface area contributed by atoms with Crippen molar-refractivity contribution in [2.75, 3.05) is 0 Å². The molecule has 0 saturated carbocycles. The molecule has 0 N–H and O–H groups in total. The van der Waals surface area contributed by atoms with E-state index < -0.39 is 17.4 Å². The van der Waals surface area contributed by atoms with Crippen LogP contribution in [0, 0.1) is 0 Å². The standard InChI is InChI=1S/C19H20O5/c1-12-8-18(2,9-15(20)23-12)13-4-6-14(7-5-13)19(3)10-16(21)24-17(22)11-19/h4-7H,1,8-11H2,2-3H3. The summed E-state index contributed by atoms with van der Waals surface area (Å²) in [5.41, 5.74) is 1.02. The molecule has 3 rings (SSSR count). The van der Waals surface area contributed by atoms with Gasteiger partial charge in [0.1, 0.15) is 5.76 Å². The zero-order chi connectivity index (χ0) is 17.5. The Bertz CT molecular complexity index is 634. The number of benzene rings is 1. The fourth-order valence-corrected chi connectivity index (χ4v) is 3.63. The molecule has 1 aromatic carbocycles. The minimum atomic E-state index is -0.555. The molecule has 0 aromatic heterocycles. The molecule has 24 heavy (non-hydrogen) atoms. The number of carbonyl (C=O) groups is 3. The highest BCUT2D eigenvalue weighted by atomic mass is 16.6. The SMILES string of the molecule is C=C1CC(C)(c2ccc(C3(C)CC(=O)OC(=O)C3)cc2)CC(=O)O1. The molecule has 0 radical (unpaired) electrons. The molecule has 2 saturated heterocycles. The van der Waals surface area contributed by atoms with Crippen molar-refractivity contribution in [2.24, 2.45) is 0 Å². The molecule has 0 spiro atoms. The molecule has 1 unspecified atom stereocenters. The van der Waals surface area contributed by atoms with Crippen LogP contribution in [0.2, 0.25) is 0 Å². The molecule has 2 fully saturated rings. The highest BCUT2D eigenvalue weighted by Gasteiger charge is 2.40. The van der Waals surface area contributed by atoms with Crippen molar-refractivity contribution in [1.29, 1.82) is 0 Å². The van der Waals surface area contributed by atoms with Gasteiger partial charge in [0.25, 0.3) is 0 Å². The monoisotopic (exact) mass is 328 g/mol. The Labute approximate surface area is 140 Å². The molecule has 0 amide bonds. The third-order valence-electron chi connectivity index (χ3n) is 4.96. The Morgan fingerprint density at radius 2 is 1.12 bits per heavy atom. The van der Waals surface area contributed by atoms with Gasteiger partial charge in [-0.05, 0) is 11.1 Å². The quantitative estimate of drug-likeness (QED) is 0.617. The topological polar surface area (TPSA) is 69.7 Å². The first-order valence-corrected chi connectivity index (χ1v) is 7.93. The molecular formula is C19H20O5. The maximum atomic E-state index is 11.7. The van der Waals surface area contributed by atoms with Crippen LogP contribution < -0.4 is 0 Å². The molecule has 126 valence electrons. The molecule has 1 aromatic rings. The first-order chi connectivity index (χ1) is 11.2.